The van der Waals surface area contributed by atoms with Gasteiger partial charge < -0.3 is 11.1 Å². The minimum atomic E-state index is -2.60. The van der Waals surface area contributed by atoms with Gasteiger partial charge in [-0.2, -0.15) is 4.68 Å². The van der Waals surface area contributed by atoms with Gasteiger partial charge in [-0.1, -0.05) is 0 Å². The van der Waals surface area contributed by atoms with E-state index in [-0.39, 0.29) is 17.2 Å². The van der Waals surface area contributed by atoms with Crippen LogP contribution in [0.1, 0.15) is 71.4 Å². The molecule has 3 heterocycles. The summed E-state index contributed by atoms with van der Waals surface area (Å²) >= 11 is 0. The summed E-state index contributed by atoms with van der Waals surface area (Å²) in [5.41, 5.74) is 6.71. The van der Waals surface area contributed by atoms with E-state index in [0.29, 0.717) is 34.2 Å². The molecule has 10 nitrogen and oxygen atoms in total. The molecule has 12 heteroatoms. The van der Waals surface area contributed by atoms with Gasteiger partial charge in [-0.3, -0.25) is 4.79 Å². The summed E-state index contributed by atoms with van der Waals surface area (Å²) in [6.45, 7) is 3.58. The van der Waals surface area contributed by atoms with Crippen molar-refractivity contribution in [3.8, 4) is 5.82 Å². The van der Waals surface area contributed by atoms with Crippen LogP contribution in [0.25, 0.3) is 16.7 Å². The molecule has 1 aromatic carbocycles. The van der Waals surface area contributed by atoms with Crippen molar-refractivity contribution in [3.63, 3.8) is 0 Å². The Hall–Kier alpha value is -4.09. The van der Waals surface area contributed by atoms with Crippen molar-refractivity contribution in [1.29, 1.82) is 0 Å². The first kappa shape index (κ1) is 21.7. The van der Waals surface area contributed by atoms with Gasteiger partial charge in [0.25, 0.3) is 12.3 Å². The number of aryl methyl sites for hydroxylation is 1. The molecule has 0 saturated heterocycles. The second-order valence-electron chi connectivity index (χ2n) is 8.22. The van der Waals surface area contributed by atoms with Crippen LogP contribution in [0.3, 0.4) is 0 Å². The zero-order valence-electron chi connectivity index (χ0n) is 18.4. The molecule has 0 aliphatic heterocycles. The third-order valence-electron chi connectivity index (χ3n) is 5.65. The Balaban J connectivity index is 1.52. The minimum Gasteiger partial charge on any atom is -0.364 e. The van der Waals surface area contributed by atoms with E-state index in [1.54, 1.807) is 13.0 Å². The highest BCUT2D eigenvalue weighted by molar-refractivity contribution is 5.92. The maximum atomic E-state index is 13.6. The molecule has 5 rings (SSSR count). The van der Waals surface area contributed by atoms with E-state index in [1.165, 1.54) is 29.5 Å². The van der Waals surface area contributed by atoms with E-state index in [0.717, 1.165) is 18.4 Å². The van der Waals surface area contributed by atoms with Crippen LogP contribution in [0.15, 0.2) is 30.9 Å². The first-order chi connectivity index (χ1) is 16.3. The lowest BCUT2D eigenvalue weighted by molar-refractivity contribution is 0.0995. The first-order valence-electron chi connectivity index (χ1n) is 10.7. The predicted octanol–water partition coefficient (Wildman–Crippen LogP) is 3.40. The zero-order chi connectivity index (χ0) is 24.0. The summed E-state index contributed by atoms with van der Waals surface area (Å²) in [6, 6.07) is 2.56. The maximum Gasteiger partial charge on any atom is 0.268 e. The molecular weight excluding hydrogens is 444 g/mol. The Morgan fingerprint density at radius 3 is 2.62 bits per heavy atom. The highest BCUT2D eigenvalue weighted by Gasteiger charge is 2.28. The fraction of sp³-hybridized carbons (Fsp3) is 0.318. The number of primary amides is 1. The van der Waals surface area contributed by atoms with Crippen molar-refractivity contribution in [2.45, 2.75) is 45.1 Å². The van der Waals surface area contributed by atoms with Crippen molar-refractivity contribution < 1.29 is 13.6 Å². The van der Waals surface area contributed by atoms with E-state index in [2.05, 4.69) is 35.3 Å². The van der Waals surface area contributed by atoms with Gasteiger partial charge >= 0.3 is 0 Å². The highest BCUT2D eigenvalue weighted by Crippen LogP contribution is 2.44. The van der Waals surface area contributed by atoms with Crippen molar-refractivity contribution in [2.24, 2.45) is 5.73 Å². The number of carbonyl (C=O) groups is 1. The van der Waals surface area contributed by atoms with E-state index >= 15 is 0 Å². The van der Waals surface area contributed by atoms with Gasteiger partial charge in [0.05, 0.1) is 24.0 Å². The summed E-state index contributed by atoms with van der Waals surface area (Å²) in [7, 11) is 0. The Bertz CT molecular complexity index is 1380. The van der Waals surface area contributed by atoms with Crippen LogP contribution in [0.4, 0.5) is 14.6 Å². The van der Waals surface area contributed by atoms with Crippen LogP contribution in [-0.2, 0) is 0 Å². The molecule has 3 N–H and O–H groups in total. The Morgan fingerprint density at radius 2 is 1.97 bits per heavy atom. The summed E-state index contributed by atoms with van der Waals surface area (Å²) in [4.78, 5) is 32.7. The quantitative estimate of drug-likeness (QED) is 0.424. The lowest BCUT2D eigenvalue weighted by Crippen LogP contribution is -2.17. The molecule has 1 amide bonds. The van der Waals surface area contributed by atoms with Gasteiger partial charge in [-0.05, 0) is 50.3 Å². The van der Waals surface area contributed by atoms with Gasteiger partial charge in [-0.25, -0.2) is 33.7 Å². The number of aromatic nitrogens is 7. The fourth-order valence-corrected chi connectivity index (χ4v) is 3.87. The molecule has 1 atom stereocenters. The highest BCUT2D eigenvalue weighted by atomic mass is 19.3. The maximum absolute atomic E-state index is 13.6. The molecule has 1 aliphatic carbocycles. The Kier molecular flexibility index (Phi) is 5.34. The van der Waals surface area contributed by atoms with Crippen molar-refractivity contribution in [3.05, 3.63) is 59.3 Å². The van der Waals surface area contributed by atoms with E-state index in [1.807, 2.05) is 6.92 Å². The minimum absolute atomic E-state index is 0.0297. The number of hydrogen-bond acceptors (Lipinski definition) is 8. The van der Waals surface area contributed by atoms with Crippen molar-refractivity contribution >= 4 is 22.6 Å². The van der Waals surface area contributed by atoms with Gasteiger partial charge in [-0.15, -0.1) is 5.10 Å². The summed E-state index contributed by atoms with van der Waals surface area (Å²) in [5, 5.41) is 8.17. The van der Waals surface area contributed by atoms with Crippen LogP contribution in [0, 0.1) is 6.92 Å². The number of benzene rings is 1. The van der Waals surface area contributed by atoms with Crippen LogP contribution < -0.4 is 11.1 Å². The van der Waals surface area contributed by atoms with Crippen LogP contribution in [0.2, 0.25) is 0 Å². The molecule has 0 bridgehead atoms. The van der Waals surface area contributed by atoms with Crippen LogP contribution >= 0.6 is 0 Å². The summed E-state index contributed by atoms with van der Waals surface area (Å²) < 4.78 is 28.7. The van der Waals surface area contributed by atoms with E-state index in [9.17, 15) is 13.6 Å². The third kappa shape index (κ3) is 4.02. The van der Waals surface area contributed by atoms with Gasteiger partial charge in [0, 0.05) is 10.9 Å². The monoisotopic (exact) mass is 465 g/mol. The lowest BCUT2D eigenvalue weighted by atomic mass is 10.0. The second-order valence-corrected chi connectivity index (χ2v) is 8.22. The number of carbonyl (C=O) groups excluding carboxylic acids is 1. The van der Waals surface area contributed by atoms with Gasteiger partial charge in [0.15, 0.2) is 11.6 Å². The van der Waals surface area contributed by atoms with E-state index < -0.39 is 18.4 Å². The number of nitrogens with zero attached hydrogens (tertiary/aromatic N) is 7. The number of halogens is 2. The molecule has 4 aromatic rings. The molecule has 1 aliphatic rings. The fourth-order valence-electron chi connectivity index (χ4n) is 3.87. The average Bonchev–Trinajstić information content (AvgIpc) is 3.59. The largest absolute Gasteiger partial charge is 0.364 e. The van der Waals surface area contributed by atoms with E-state index in [4.69, 9.17) is 5.73 Å². The Labute approximate surface area is 192 Å². The summed E-state index contributed by atoms with van der Waals surface area (Å²) in [5.74, 6) is 1.32. The molecular formula is C22H21F2N9O. The zero-order valence-corrected chi connectivity index (χ0v) is 18.4. The smallest absolute Gasteiger partial charge is 0.268 e. The Morgan fingerprint density at radius 1 is 1.18 bits per heavy atom. The number of amides is 1. The molecule has 1 saturated carbocycles. The van der Waals surface area contributed by atoms with Crippen molar-refractivity contribution in [1.82, 2.24) is 34.7 Å². The van der Waals surface area contributed by atoms with Crippen molar-refractivity contribution in [2.75, 3.05) is 5.32 Å². The molecule has 34 heavy (non-hydrogen) atoms. The first-order valence-corrected chi connectivity index (χ1v) is 10.7. The standard InChI is InChI=1S/C22H21F2N9O/c1-10(22-31-11(2)32-33(22)17-8-26-16(7-27-17)20(25)34)30-21-15-6-13(19(23)24)5-14(12-3-4-12)18(15)28-9-29-21/h5-10,12,19H,3-4H2,1-2H3,(H2,25,34)(H,28,29,30)/t10-/m0/s1. The molecule has 0 unspecified atom stereocenters. The SMILES string of the molecule is Cc1nc([C@H](C)Nc2ncnc3c(C4CC4)cc(C(F)F)cc23)n(-c2cnc(C(N)=O)cn2)n1. The number of anilines is 1. The van der Waals surface area contributed by atoms with Crippen LogP contribution in [-0.4, -0.2) is 40.6 Å². The number of rotatable bonds is 7. The number of nitrogens with two attached hydrogens (primary N) is 1. The van der Waals surface area contributed by atoms with Gasteiger partial charge in [0.1, 0.15) is 23.7 Å². The average molecular weight is 465 g/mol. The second kappa shape index (κ2) is 8.36. The molecule has 3 aromatic heterocycles. The molecule has 1 fully saturated rings. The number of fused-ring (bicyclic) bond motifs is 1. The normalized spacial score (nSPS) is 14.5. The molecule has 0 spiro atoms. The van der Waals surface area contributed by atoms with Gasteiger partial charge in [0.2, 0.25) is 0 Å². The lowest BCUT2D eigenvalue weighted by Gasteiger charge is -2.17. The molecule has 0 radical (unpaired) electrons. The molecule has 174 valence electrons. The number of hydrogen-bond donors (Lipinski definition) is 2. The topological polar surface area (TPSA) is 137 Å². The van der Waals surface area contributed by atoms with Crippen LogP contribution in [0.5, 0.6) is 0 Å². The number of alkyl halides is 2. The predicted molar refractivity (Wildman–Crippen MR) is 119 cm³/mol. The summed E-state index contributed by atoms with van der Waals surface area (Å²) in [6.07, 6.45) is 3.39. The third-order valence-corrected chi connectivity index (χ3v) is 5.65. The number of nitrogens with one attached hydrogen (secondary N) is 1.